The standard InChI is InChI=1S/C19H25N3O2/c1-14(2)9-12-20-18(24)10-13-22(15(3)23)17-8-4-6-16-7-5-11-21-19(16)17/h4-8,11,14H,9-10,12-13H2,1-3H3,(H,20,24). The van der Waals surface area contributed by atoms with E-state index in [1.807, 2.05) is 30.3 Å². The summed E-state index contributed by atoms with van der Waals surface area (Å²) in [5, 5.41) is 3.88. The zero-order valence-corrected chi connectivity index (χ0v) is 14.6. The summed E-state index contributed by atoms with van der Waals surface area (Å²) < 4.78 is 0. The Morgan fingerprint density at radius 2 is 1.96 bits per heavy atom. The van der Waals surface area contributed by atoms with Crippen molar-refractivity contribution in [1.29, 1.82) is 0 Å². The first-order valence-corrected chi connectivity index (χ1v) is 8.37. The third-order valence-electron chi connectivity index (χ3n) is 3.89. The summed E-state index contributed by atoms with van der Waals surface area (Å²) in [6, 6.07) is 9.56. The molecule has 0 radical (unpaired) electrons. The van der Waals surface area contributed by atoms with E-state index in [1.165, 1.54) is 6.92 Å². The molecule has 0 fully saturated rings. The zero-order chi connectivity index (χ0) is 17.5. The minimum absolute atomic E-state index is 0.0323. The van der Waals surface area contributed by atoms with Gasteiger partial charge < -0.3 is 10.2 Å². The Balaban J connectivity index is 2.07. The van der Waals surface area contributed by atoms with E-state index < -0.39 is 0 Å². The smallest absolute Gasteiger partial charge is 0.223 e. The number of hydrogen-bond acceptors (Lipinski definition) is 3. The van der Waals surface area contributed by atoms with Crippen LogP contribution in [0.4, 0.5) is 5.69 Å². The molecule has 1 aromatic heterocycles. The molecule has 0 spiro atoms. The largest absolute Gasteiger partial charge is 0.356 e. The second-order valence-electron chi connectivity index (χ2n) is 6.31. The van der Waals surface area contributed by atoms with Crippen molar-refractivity contribution < 1.29 is 9.59 Å². The third kappa shape index (κ3) is 4.78. The minimum Gasteiger partial charge on any atom is -0.356 e. The summed E-state index contributed by atoms with van der Waals surface area (Å²) >= 11 is 0. The number of para-hydroxylation sites is 1. The highest BCUT2D eigenvalue weighted by atomic mass is 16.2. The van der Waals surface area contributed by atoms with Crippen molar-refractivity contribution in [3.05, 3.63) is 36.5 Å². The molecule has 1 N–H and O–H groups in total. The van der Waals surface area contributed by atoms with Crippen LogP contribution in [0.25, 0.3) is 10.9 Å². The van der Waals surface area contributed by atoms with Gasteiger partial charge in [-0.2, -0.15) is 0 Å². The van der Waals surface area contributed by atoms with Crippen molar-refractivity contribution in [2.45, 2.75) is 33.6 Å². The number of pyridine rings is 1. The van der Waals surface area contributed by atoms with E-state index >= 15 is 0 Å². The molecule has 5 nitrogen and oxygen atoms in total. The first-order chi connectivity index (χ1) is 11.5. The molecule has 0 atom stereocenters. The van der Waals surface area contributed by atoms with E-state index in [0.717, 1.165) is 23.0 Å². The molecule has 0 unspecified atom stereocenters. The highest BCUT2D eigenvalue weighted by Crippen LogP contribution is 2.25. The summed E-state index contributed by atoms with van der Waals surface area (Å²) in [5.41, 5.74) is 1.52. The molecule has 2 amide bonds. The van der Waals surface area contributed by atoms with Gasteiger partial charge in [-0.1, -0.05) is 32.0 Å². The fraction of sp³-hybridized carbons (Fsp3) is 0.421. The maximum Gasteiger partial charge on any atom is 0.223 e. The molecule has 24 heavy (non-hydrogen) atoms. The lowest BCUT2D eigenvalue weighted by Crippen LogP contribution is -2.34. The molecule has 1 heterocycles. The summed E-state index contributed by atoms with van der Waals surface area (Å²) in [6.45, 7) is 6.78. The van der Waals surface area contributed by atoms with Crippen LogP contribution in [0.2, 0.25) is 0 Å². The van der Waals surface area contributed by atoms with Gasteiger partial charge in [0, 0.05) is 38.0 Å². The number of amides is 2. The lowest BCUT2D eigenvalue weighted by Gasteiger charge is -2.22. The second-order valence-corrected chi connectivity index (χ2v) is 6.31. The van der Waals surface area contributed by atoms with Crippen LogP contribution in [-0.2, 0) is 9.59 Å². The van der Waals surface area contributed by atoms with Crippen molar-refractivity contribution in [3.8, 4) is 0 Å². The van der Waals surface area contributed by atoms with Crippen LogP contribution in [0.15, 0.2) is 36.5 Å². The monoisotopic (exact) mass is 327 g/mol. The highest BCUT2D eigenvalue weighted by molar-refractivity contribution is 6.01. The predicted octanol–water partition coefficient (Wildman–Crippen LogP) is 3.14. The SMILES string of the molecule is CC(=O)N(CCC(=O)NCCC(C)C)c1cccc2cccnc12. The summed E-state index contributed by atoms with van der Waals surface area (Å²) in [7, 11) is 0. The molecule has 0 aliphatic carbocycles. The van der Waals surface area contributed by atoms with E-state index in [4.69, 9.17) is 0 Å². The number of fused-ring (bicyclic) bond motifs is 1. The van der Waals surface area contributed by atoms with Gasteiger partial charge in [-0.3, -0.25) is 14.6 Å². The van der Waals surface area contributed by atoms with Crippen molar-refractivity contribution in [1.82, 2.24) is 10.3 Å². The quantitative estimate of drug-likeness (QED) is 0.850. The van der Waals surface area contributed by atoms with Crippen LogP contribution in [-0.4, -0.2) is 29.9 Å². The van der Waals surface area contributed by atoms with Crippen LogP contribution in [0, 0.1) is 5.92 Å². The summed E-state index contributed by atoms with van der Waals surface area (Å²) in [4.78, 5) is 30.1. The molecule has 0 bridgehead atoms. The maximum atomic E-state index is 12.1. The van der Waals surface area contributed by atoms with Gasteiger partial charge in [0.15, 0.2) is 0 Å². The molecule has 2 aromatic rings. The second kappa shape index (κ2) is 8.43. The normalized spacial score (nSPS) is 10.8. The van der Waals surface area contributed by atoms with Gasteiger partial charge in [0.05, 0.1) is 11.2 Å². The van der Waals surface area contributed by atoms with Crippen LogP contribution < -0.4 is 10.2 Å². The minimum atomic E-state index is -0.0943. The van der Waals surface area contributed by atoms with E-state index in [1.54, 1.807) is 11.1 Å². The summed E-state index contributed by atoms with van der Waals surface area (Å²) in [6.07, 6.45) is 2.94. The van der Waals surface area contributed by atoms with Gasteiger partial charge in [-0.25, -0.2) is 0 Å². The molecule has 0 saturated heterocycles. The van der Waals surface area contributed by atoms with Gasteiger partial charge in [-0.05, 0) is 24.5 Å². The third-order valence-corrected chi connectivity index (χ3v) is 3.89. The fourth-order valence-corrected chi connectivity index (χ4v) is 2.56. The number of carbonyl (C=O) groups excluding carboxylic acids is 2. The molecular formula is C19H25N3O2. The van der Waals surface area contributed by atoms with E-state index in [2.05, 4.69) is 24.1 Å². The summed E-state index contributed by atoms with van der Waals surface area (Å²) in [5.74, 6) is 0.430. The van der Waals surface area contributed by atoms with Crippen LogP contribution in [0.3, 0.4) is 0 Å². The fourth-order valence-electron chi connectivity index (χ4n) is 2.56. The van der Waals surface area contributed by atoms with Crippen molar-refractivity contribution in [3.63, 3.8) is 0 Å². The average Bonchev–Trinajstić information content (AvgIpc) is 2.54. The lowest BCUT2D eigenvalue weighted by molar-refractivity contribution is -0.121. The zero-order valence-electron chi connectivity index (χ0n) is 14.6. The Bertz CT molecular complexity index is 707. The van der Waals surface area contributed by atoms with Crippen molar-refractivity contribution >= 4 is 28.4 Å². The van der Waals surface area contributed by atoms with Crippen LogP contribution in [0.1, 0.15) is 33.6 Å². The first kappa shape index (κ1) is 17.9. The van der Waals surface area contributed by atoms with Crippen molar-refractivity contribution in [2.75, 3.05) is 18.0 Å². The number of rotatable bonds is 7. The number of nitrogens with zero attached hydrogens (tertiary/aromatic N) is 2. The number of nitrogens with one attached hydrogen (secondary N) is 1. The average molecular weight is 327 g/mol. The van der Waals surface area contributed by atoms with Gasteiger partial charge in [-0.15, -0.1) is 0 Å². The lowest BCUT2D eigenvalue weighted by atomic mass is 10.1. The van der Waals surface area contributed by atoms with E-state index in [0.29, 0.717) is 19.0 Å². The Morgan fingerprint density at radius 3 is 2.67 bits per heavy atom. The Morgan fingerprint density at radius 1 is 1.21 bits per heavy atom. The first-order valence-electron chi connectivity index (χ1n) is 8.37. The molecule has 128 valence electrons. The molecule has 0 aliphatic heterocycles. The Hall–Kier alpha value is -2.43. The number of hydrogen-bond donors (Lipinski definition) is 1. The molecule has 0 aliphatic rings. The number of aromatic nitrogens is 1. The van der Waals surface area contributed by atoms with Crippen molar-refractivity contribution in [2.24, 2.45) is 5.92 Å². The molecule has 1 aromatic carbocycles. The van der Waals surface area contributed by atoms with Crippen LogP contribution in [0.5, 0.6) is 0 Å². The molecule has 5 heteroatoms. The van der Waals surface area contributed by atoms with Gasteiger partial charge in [0.25, 0.3) is 0 Å². The van der Waals surface area contributed by atoms with Gasteiger partial charge >= 0.3 is 0 Å². The van der Waals surface area contributed by atoms with Gasteiger partial charge in [0.2, 0.25) is 11.8 Å². The predicted molar refractivity (Wildman–Crippen MR) is 96.9 cm³/mol. The number of carbonyl (C=O) groups is 2. The number of benzene rings is 1. The molecular weight excluding hydrogens is 302 g/mol. The number of anilines is 1. The van der Waals surface area contributed by atoms with Crippen LogP contribution >= 0.6 is 0 Å². The molecule has 2 rings (SSSR count). The molecule has 0 saturated carbocycles. The van der Waals surface area contributed by atoms with E-state index in [9.17, 15) is 9.59 Å². The Kier molecular flexibility index (Phi) is 6.29. The van der Waals surface area contributed by atoms with Gasteiger partial charge in [0.1, 0.15) is 0 Å². The maximum absolute atomic E-state index is 12.1. The Labute approximate surface area is 143 Å². The topological polar surface area (TPSA) is 62.3 Å². The highest BCUT2D eigenvalue weighted by Gasteiger charge is 2.16. The van der Waals surface area contributed by atoms with E-state index in [-0.39, 0.29) is 18.2 Å².